The Labute approximate surface area is 104 Å². The molecule has 17 heavy (non-hydrogen) atoms. The van der Waals surface area contributed by atoms with Gasteiger partial charge in [0.25, 0.3) is 0 Å². The molecule has 2 aromatic rings. The van der Waals surface area contributed by atoms with Crippen molar-refractivity contribution in [1.29, 1.82) is 0 Å². The smallest absolute Gasteiger partial charge is 0.207 e. The highest BCUT2D eigenvalue weighted by atomic mass is 35.5. The van der Waals surface area contributed by atoms with Crippen molar-refractivity contribution in [2.24, 2.45) is 0 Å². The van der Waals surface area contributed by atoms with Crippen molar-refractivity contribution in [3.8, 4) is 5.69 Å². The summed E-state index contributed by atoms with van der Waals surface area (Å²) in [5.74, 6) is 0.288. The van der Waals surface area contributed by atoms with E-state index >= 15 is 0 Å². The van der Waals surface area contributed by atoms with Gasteiger partial charge >= 0.3 is 0 Å². The van der Waals surface area contributed by atoms with Crippen LogP contribution in [0.15, 0.2) is 30.6 Å². The van der Waals surface area contributed by atoms with Crippen molar-refractivity contribution in [1.82, 2.24) is 9.55 Å². The van der Waals surface area contributed by atoms with Gasteiger partial charge in [0.2, 0.25) is 5.95 Å². The molecule has 3 nitrogen and oxygen atoms in total. The van der Waals surface area contributed by atoms with Crippen molar-refractivity contribution in [2.75, 3.05) is 5.32 Å². The van der Waals surface area contributed by atoms with Crippen LogP contribution < -0.4 is 5.32 Å². The number of aromatic nitrogens is 2. The number of benzene rings is 1. The third-order valence-corrected chi connectivity index (χ3v) is 2.53. The van der Waals surface area contributed by atoms with Crippen LogP contribution in [0.3, 0.4) is 0 Å². The van der Waals surface area contributed by atoms with Gasteiger partial charge in [0.1, 0.15) is 5.82 Å². The number of imidazole rings is 1. The van der Waals surface area contributed by atoms with Gasteiger partial charge in [0, 0.05) is 18.4 Å². The summed E-state index contributed by atoms with van der Waals surface area (Å²) in [7, 11) is 0. The summed E-state index contributed by atoms with van der Waals surface area (Å²) in [5.41, 5.74) is 0.775. The van der Waals surface area contributed by atoms with E-state index in [1.165, 1.54) is 6.07 Å². The van der Waals surface area contributed by atoms with Crippen molar-refractivity contribution in [2.45, 2.75) is 19.9 Å². The molecular formula is C12H13ClFN3. The third-order valence-electron chi connectivity index (χ3n) is 2.24. The van der Waals surface area contributed by atoms with Gasteiger partial charge in [-0.15, -0.1) is 0 Å². The summed E-state index contributed by atoms with van der Waals surface area (Å²) in [6.45, 7) is 4.05. The average molecular weight is 254 g/mol. The van der Waals surface area contributed by atoms with Crippen molar-refractivity contribution >= 4 is 17.5 Å². The minimum Gasteiger partial charge on any atom is -0.353 e. The number of rotatable bonds is 3. The van der Waals surface area contributed by atoms with E-state index in [9.17, 15) is 4.39 Å². The second-order valence-electron chi connectivity index (χ2n) is 4.02. The Morgan fingerprint density at radius 2 is 2.18 bits per heavy atom. The van der Waals surface area contributed by atoms with Gasteiger partial charge in [-0.2, -0.15) is 0 Å². The molecule has 0 fully saturated rings. The van der Waals surface area contributed by atoms with Crippen LogP contribution in [0.4, 0.5) is 10.3 Å². The Hall–Kier alpha value is -1.55. The second kappa shape index (κ2) is 4.75. The summed E-state index contributed by atoms with van der Waals surface area (Å²) in [6.07, 6.45) is 3.48. The lowest BCUT2D eigenvalue weighted by atomic mass is 10.3. The zero-order valence-electron chi connectivity index (χ0n) is 9.61. The first-order valence-corrected chi connectivity index (χ1v) is 5.71. The van der Waals surface area contributed by atoms with E-state index < -0.39 is 5.82 Å². The Bertz CT molecular complexity index is 522. The zero-order chi connectivity index (χ0) is 12.4. The van der Waals surface area contributed by atoms with Crippen LogP contribution in [0.5, 0.6) is 0 Å². The fraction of sp³-hybridized carbons (Fsp3) is 0.250. The summed E-state index contributed by atoms with van der Waals surface area (Å²) in [5, 5.41) is 3.30. The highest BCUT2D eigenvalue weighted by Gasteiger charge is 2.08. The standard InChI is InChI=1S/C12H13ClFN3/c1-8(2)16-12-15-5-6-17(12)9-3-4-11(14)10(13)7-9/h3-8H,1-2H3,(H,15,16). The van der Waals surface area contributed by atoms with Crippen LogP contribution in [0.25, 0.3) is 5.69 Å². The number of hydrogen-bond donors (Lipinski definition) is 1. The monoisotopic (exact) mass is 253 g/mol. The van der Waals surface area contributed by atoms with Crippen molar-refractivity contribution < 1.29 is 4.39 Å². The average Bonchev–Trinajstić information content (AvgIpc) is 2.69. The predicted molar refractivity (Wildman–Crippen MR) is 67.3 cm³/mol. The largest absolute Gasteiger partial charge is 0.353 e. The van der Waals surface area contributed by atoms with Gasteiger partial charge in [-0.05, 0) is 32.0 Å². The molecule has 0 atom stereocenters. The molecular weight excluding hydrogens is 241 g/mol. The molecule has 1 N–H and O–H groups in total. The van der Waals surface area contributed by atoms with Gasteiger partial charge < -0.3 is 5.32 Å². The van der Waals surface area contributed by atoms with Gasteiger partial charge in [-0.25, -0.2) is 9.37 Å². The number of nitrogens with one attached hydrogen (secondary N) is 1. The molecule has 0 aliphatic heterocycles. The molecule has 0 unspecified atom stereocenters. The molecule has 0 spiro atoms. The van der Waals surface area contributed by atoms with Crippen LogP contribution in [0.1, 0.15) is 13.8 Å². The molecule has 0 amide bonds. The molecule has 0 aliphatic carbocycles. The van der Waals surface area contributed by atoms with E-state index in [1.807, 2.05) is 18.4 Å². The minimum absolute atomic E-state index is 0.103. The molecule has 5 heteroatoms. The van der Waals surface area contributed by atoms with E-state index in [1.54, 1.807) is 24.5 Å². The van der Waals surface area contributed by atoms with Crippen LogP contribution in [0.2, 0.25) is 5.02 Å². The minimum atomic E-state index is -0.422. The van der Waals surface area contributed by atoms with E-state index in [0.29, 0.717) is 5.95 Å². The number of anilines is 1. The molecule has 0 aliphatic rings. The quantitative estimate of drug-likeness (QED) is 0.908. The van der Waals surface area contributed by atoms with Crippen molar-refractivity contribution in [3.05, 3.63) is 41.4 Å². The molecule has 0 bridgehead atoms. The molecule has 2 rings (SSSR count). The van der Waals surface area contributed by atoms with Crippen molar-refractivity contribution in [3.63, 3.8) is 0 Å². The zero-order valence-corrected chi connectivity index (χ0v) is 10.4. The van der Waals surface area contributed by atoms with Crippen LogP contribution in [-0.4, -0.2) is 15.6 Å². The number of halogens is 2. The fourth-order valence-electron chi connectivity index (χ4n) is 1.51. The van der Waals surface area contributed by atoms with Crippen LogP contribution in [0, 0.1) is 5.82 Å². The van der Waals surface area contributed by atoms with Gasteiger partial charge in [0.05, 0.1) is 10.7 Å². The first kappa shape index (κ1) is 11.9. The van der Waals surface area contributed by atoms with Gasteiger partial charge in [0.15, 0.2) is 0 Å². The lowest BCUT2D eigenvalue weighted by Crippen LogP contribution is -2.13. The first-order chi connectivity index (χ1) is 8.08. The Balaban J connectivity index is 2.39. The van der Waals surface area contributed by atoms with Crippen LogP contribution in [-0.2, 0) is 0 Å². The van der Waals surface area contributed by atoms with E-state index in [-0.39, 0.29) is 11.1 Å². The molecule has 0 saturated carbocycles. The van der Waals surface area contributed by atoms with E-state index in [4.69, 9.17) is 11.6 Å². The lowest BCUT2D eigenvalue weighted by molar-refractivity contribution is 0.628. The SMILES string of the molecule is CC(C)Nc1nccn1-c1ccc(F)c(Cl)c1. The summed E-state index contributed by atoms with van der Waals surface area (Å²) < 4.78 is 14.9. The van der Waals surface area contributed by atoms with Gasteiger partial charge in [-0.1, -0.05) is 11.6 Å². The van der Waals surface area contributed by atoms with E-state index in [2.05, 4.69) is 10.3 Å². The Morgan fingerprint density at radius 3 is 2.82 bits per heavy atom. The topological polar surface area (TPSA) is 29.9 Å². The molecule has 90 valence electrons. The summed E-state index contributed by atoms with van der Waals surface area (Å²) in [4.78, 5) is 4.20. The first-order valence-electron chi connectivity index (χ1n) is 5.33. The summed E-state index contributed by atoms with van der Waals surface area (Å²) in [6, 6.07) is 4.85. The lowest BCUT2D eigenvalue weighted by Gasteiger charge is -2.12. The normalized spacial score (nSPS) is 10.9. The number of hydrogen-bond acceptors (Lipinski definition) is 2. The maximum Gasteiger partial charge on any atom is 0.207 e. The maximum atomic E-state index is 13.1. The van der Waals surface area contributed by atoms with E-state index in [0.717, 1.165) is 5.69 Å². The molecule has 1 heterocycles. The summed E-state index contributed by atoms with van der Waals surface area (Å²) >= 11 is 5.76. The van der Waals surface area contributed by atoms with Crippen LogP contribution >= 0.6 is 11.6 Å². The fourth-order valence-corrected chi connectivity index (χ4v) is 1.69. The third kappa shape index (κ3) is 2.58. The molecule has 0 radical (unpaired) electrons. The number of nitrogens with zero attached hydrogens (tertiary/aromatic N) is 2. The molecule has 1 aromatic heterocycles. The predicted octanol–water partition coefficient (Wildman–Crippen LogP) is 3.49. The maximum absolute atomic E-state index is 13.1. The Kier molecular flexibility index (Phi) is 3.33. The molecule has 1 aromatic carbocycles. The Morgan fingerprint density at radius 1 is 1.41 bits per heavy atom. The second-order valence-corrected chi connectivity index (χ2v) is 4.43. The molecule has 0 saturated heterocycles. The highest BCUT2D eigenvalue weighted by molar-refractivity contribution is 6.30. The van der Waals surface area contributed by atoms with Gasteiger partial charge in [-0.3, -0.25) is 4.57 Å². The highest BCUT2D eigenvalue weighted by Crippen LogP contribution is 2.21.